The number of nitrogens with one attached hydrogen (secondary N) is 1. The van der Waals surface area contributed by atoms with Gasteiger partial charge < -0.3 is 10.2 Å². The molecule has 3 rings (SSSR count). The number of benzene rings is 1. The highest BCUT2D eigenvalue weighted by Crippen LogP contribution is 2.31. The van der Waals surface area contributed by atoms with Gasteiger partial charge in [0, 0.05) is 12.3 Å². The molecule has 2 amide bonds. The van der Waals surface area contributed by atoms with Crippen LogP contribution in [0, 0.1) is 17.2 Å². The molecule has 0 spiro atoms. The molecule has 0 radical (unpaired) electrons. The number of carbonyl (C=O) groups is 2. The number of hydrogen-bond acceptors (Lipinski definition) is 3. The Balaban J connectivity index is 1.54. The summed E-state index contributed by atoms with van der Waals surface area (Å²) in [6.45, 7) is -1.13. The molecule has 1 fully saturated rings. The summed E-state index contributed by atoms with van der Waals surface area (Å²) in [4.78, 5) is 25.1. The molecule has 1 atom stereocenters. The van der Waals surface area contributed by atoms with Gasteiger partial charge in [0.05, 0.1) is 19.2 Å². The van der Waals surface area contributed by atoms with Crippen LogP contribution in [-0.2, 0) is 22.4 Å². The third kappa shape index (κ3) is 3.23. The zero-order valence-corrected chi connectivity index (χ0v) is 13.0. The van der Waals surface area contributed by atoms with Gasteiger partial charge in [0.25, 0.3) is 5.92 Å². The van der Waals surface area contributed by atoms with Crippen molar-refractivity contribution in [3.63, 3.8) is 0 Å². The van der Waals surface area contributed by atoms with E-state index >= 15 is 0 Å². The summed E-state index contributed by atoms with van der Waals surface area (Å²) >= 11 is 0. The first kappa shape index (κ1) is 16.4. The number of rotatable bonds is 3. The number of fused-ring (bicyclic) bond motifs is 1. The molecule has 1 aliphatic heterocycles. The Kier molecular flexibility index (Phi) is 4.22. The van der Waals surface area contributed by atoms with Crippen LogP contribution in [0.15, 0.2) is 24.3 Å². The molecular weight excluding hydrogens is 316 g/mol. The second-order valence-electron chi connectivity index (χ2n) is 6.32. The van der Waals surface area contributed by atoms with Gasteiger partial charge in [-0.1, -0.05) is 24.3 Å². The predicted octanol–water partition coefficient (Wildman–Crippen LogP) is 1.28. The summed E-state index contributed by atoms with van der Waals surface area (Å²) in [5.74, 6) is -4.21. The predicted molar refractivity (Wildman–Crippen MR) is 81.0 cm³/mol. The molecule has 1 heterocycles. The van der Waals surface area contributed by atoms with Crippen LogP contribution in [0.4, 0.5) is 8.78 Å². The first-order valence-corrected chi connectivity index (χ1v) is 7.81. The van der Waals surface area contributed by atoms with Gasteiger partial charge in [-0.3, -0.25) is 9.59 Å². The normalized spacial score (nSPS) is 22.0. The van der Waals surface area contributed by atoms with Crippen molar-refractivity contribution in [2.24, 2.45) is 5.92 Å². The van der Waals surface area contributed by atoms with Crippen LogP contribution >= 0.6 is 0 Å². The molecule has 0 saturated carbocycles. The maximum atomic E-state index is 13.4. The van der Waals surface area contributed by atoms with Crippen LogP contribution in [0.1, 0.15) is 17.5 Å². The largest absolute Gasteiger partial charge is 0.347 e. The quantitative estimate of drug-likeness (QED) is 0.905. The van der Waals surface area contributed by atoms with E-state index in [0.29, 0.717) is 12.8 Å². The molecule has 1 aromatic carbocycles. The lowest BCUT2D eigenvalue weighted by atomic mass is 10.1. The van der Waals surface area contributed by atoms with Crippen LogP contribution in [0.5, 0.6) is 0 Å². The lowest BCUT2D eigenvalue weighted by Crippen LogP contribution is -2.44. The second-order valence-corrected chi connectivity index (χ2v) is 6.32. The van der Waals surface area contributed by atoms with E-state index in [2.05, 4.69) is 5.32 Å². The van der Waals surface area contributed by atoms with Crippen LogP contribution < -0.4 is 5.32 Å². The molecule has 7 heteroatoms. The van der Waals surface area contributed by atoms with Gasteiger partial charge in [0.2, 0.25) is 11.8 Å². The van der Waals surface area contributed by atoms with E-state index in [-0.39, 0.29) is 18.4 Å². The first-order chi connectivity index (χ1) is 11.4. The van der Waals surface area contributed by atoms with Crippen LogP contribution in [0.25, 0.3) is 0 Å². The number of likely N-dealkylation sites (tertiary alicyclic amines) is 1. The zero-order valence-electron chi connectivity index (χ0n) is 13.0. The molecule has 1 aromatic rings. The number of halogens is 2. The summed E-state index contributed by atoms with van der Waals surface area (Å²) in [6.07, 6.45) is 0.568. The van der Waals surface area contributed by atoms with E-state index in [0.717, 1.165) is 16.0 Å². The Morgan fingerprint density at radius 3 is 2.50 bits per heavy atom. The smallest absolute Gasteiger partial charge is 0.268 e. The lowest BCUT2D eigenvalue weighted by Gasteiger charge is -2.20. The van der Waals surface area contributed by atoms with Crippen molar-refractivity contribution in [2.45, 2.75) is 31.2 Å². The van der Waals surface area contributed by atoms with Crippen molar-refractivity contribution in [1.82, 2.24) is 10.2 Å². The van der Waals surface area contributed by atoms with E-state index in [4.69, 9.17) is 5.26 Å². The molecule has 126 valence electrons. The van der Waals surface area contributed by atoms with Crippen molar-refractivity contribution >= 4 is 11.8 Å². The lowest BCUT2D eigenvalue weighted by molar-refractivity contribution is -0.134. The van der Waals surface area contributed by atoms with Gasteiger partial charge in [0.1, 0.15) is 6.04 Å². The maximum absolute atomic E-state index is 13.4. The Bertz CT molecular complexity index is 689. The average Bonchev–Trinajstić information content (AvgIpc) is 3.12. The van der Waals surface area contributed by atoms with Crippen LogP contribution in [0.3, 0.4) is 0 Å². The van der Waals surface area contributed by atoms with Gasteiger partial charge in [-0.15, -0.1) is 0 Å². The molecular formula is C17H17F2N3O2. The molecule has 1 aliphatic carbocycles. The second kappa shape index (κ2) is 6.19. The third-order valence-electron chi connectivity index (χ3n) is 4.57. The molecule has 1 N–H and O–H groups in total. The summed E-state index contributed by atoms with van der Waals surface area (Å²) < 4.78 is 26.7. The Hall–Kier alpha value is -2.49. The molecule has 0 bridgehead atoms. The molecule has 2 aliphatic rings. The van der Waals surface area contributed by atoms with E-state index in [9.17, 15) is 18.4 Å². The van der Waals surface area contributed by atoms with Crippen LogP contribution in [0.2, 0.25) is 0 Å². The summed E-state index contributed by atoms with van der Waals surface area (Å²) in [6, 6.07) is 8.35. The fourth-order valence-electron chi connectivity index (χ4n) is 3.35. The van der Waals surface area contributed by atoms with E-state index in [1.807, 2.05) is 24.3 Å². The maximum Gasteiger partial charge on any atom is 0.268 e. The molecule has 24 heavy (non-hydrogen) atoms. The summed E-state index contributed by atoms with van der Waals surface area (Å²) in [5.41, 5.74) is 2.24. The highest BCUT2D eigenvalue weighted by atomic mass is 19.3. The highest BCUT2D eigenvalue weighted by molar-refractivity contribution is 5.87. The Labute approximate surface area is 138 Å². The van der Waals surface area contributed by atoms with Gasteiger partial charge in [-0.25, -0.2) is 8.78 Å². The van der Waals surface area contributed by atoms with Crippen molar-refractivity contribution in [2.75, 3.05) is 13.1 Å². The molecule has 1 saturated heterocycles. The minimum atomic E-state index is -3.05. The number of carbonyl (C=O) groups excluding carboxylic acids is 2. The van der Waals surface area contributed by atoms with Gasteiger partial charge >= 0.3 is 0 Å². The number of amides is 2. The molecule has 5 nitrogen and oxygen atoms in total. The minimum absolute atomic E-state index is 0.248. The standard InChI is InChI=1S/C17H17F2N3O2/c18-17(19)7-14(8-20)22(10-17)15(23)9-21-16(24)13-5-11-3-1-2-4-12(11)6-13/h1-4,13-14H,5-7,9-10H2,(H,21,24)/t14-/m0/s1. The number of nitriles is 1. The molecule has 0 unspecified atom stereocenters. The number of nitrogens with zero attached hydrogens (tertiary/aromatic N) is 2. The van der Waals surface area contributed by atoms with Crippen molar-refractivity contribution in [1.29, 1.82) is 5.26 Å². The Morgan fingerprint density at radius 1 is 1.29 bits per heavy atom. The van der Waals surface area contributed by atoms with Crippen molar-refractivity contribution in [3.05, 3.63) is 35.4 Å². The van der Waals surface area contributed by atoms with Gasteiger partial charge in [-0.2, -0.15) is 5.26 Å². The number of hydrogen-bond donors (Lipinski definition) is 1. The van der Waals surface area contributed by atoms with E-state index in [1.54, 1.807) is 6.07 Å². The Morgan fingerprint density at radius 2 is 1.92 bits per heavy atom. The highest BCUT2D eigenvalue weighted by Gasteiger charge is 2.47. The fraction of sp³-hybridized carbons (Fsp3) is 0.471. The summed E-state index contributed by atoms with van der Waals surface area (Å²) in [7, 11) is 0. The van der Waals surface area contributed by atoms with Crippen LogP contribution in [-0.4, -0.2) is 41.8 Å². The van der Waals surface area contributed by atoms with Gasteiger partial charge in [-0.05, 0) is 24.0 Å². The van der Waals surface area contributed by atoms with Gasteiger partial charge in [0.15, 0.2) is 0 Å². The third-order valence-corrected chi connectivity index (χ3v) is 4.57. The van der Waals surface area contributed by atoms with E-state index < -0.39 is 30.8 Å². The fourth-order valence-corrected chi connectivity index (χ4v) is 3.35. The molecule has 0 aromatic heterocycles. The monoisotopic (exact) mass is 333 g/mol. The summed E-state index contributed by atoms with van der Waals surface area (Å²) in [5, 5.41) is 11.4. The van der Waals surface area contributed by atoms with Crippen molar-refractivity contribution < 1.29 is 18.4 Å². The van der Waals surface area contributed by atoms with E-state index in [1.165, 1.54) is 0 Å². The average molecular weight is 333 g/mol. The van der Waals surface area contributed by atoms with Crippen molar-refractivity contribution in [3.8, 4) is 6.07 Å². The zero-order chi connectivity index (χ0) is 17.3. The topological polar surface area (TPSA) is 73.2 Å². The minimum Gasteiger partial charge on any atom is -0.347 e. The SMILES string of the molecule is N#C[C@@H]1CC(F)(F)CN1C(=O)CNC(=O)C1Cc2ccccc2C1. The first-order valence-electron chi connectivity index (χ1n) is 7.81. The number of alkyl halides is 2.